The number of amides is 2. The highest BCUT2D eigenvalue weighted by Gasteiger charge is 2.27. The molecule has 13 heteroatoms. The molecule has 5 rings (SSSR count). The van der Waals surface area contributed by atoms with Crippen LogP contribution in [0.15, 0.2) is 24.5 Å². The number of carbonyl (C=O) groups is 1. The van der Waals surface area contributed by atoms with Gasteiger partial charge >= 0.3 is 6.03 Å². The molecule has 13 nitrogen and oxygen atoms in total. The average molecular weight is 553 g/mol. The molecule has 2 fully saturated rings. The summed E-state index contributed by atoms with van der Waals surface area (Å²) in [5.74, 6) is 2.81. The number of rotatable bonds is 8. The van der Waals surface area contributed by atoms with Gasteiger partial charge in [0.05, 0.1) is 30.5 Å². The molecule has 5 heterocycles. The minimum atomic E-state index is -0.0687. The van der Waals surface area contributed by atoms with Crippen molar-refractivity contribution in [3.8, 4) is 0 Å². The molecule has 2 aliphatic heterocycles. The van der Waals surface area contributed by atoms with E-state index in [9.17, 15) is 4.79 Å². The largest absolute Gasteiger partial charge is 0.383 e. The van der Waals surface area contributed by atoms with Crippen LogP contribution in [-0.4, -0.2) is 107 Å². The Balaban J connectivity index is 1.39. The normalized spacial score (nSPS) is 19.9. The molecule has 2 saturated heterocycles. The quantitative estimate of drug-likeness (QED) is 0.403. The van der Waals surface area contributed by atoms with Gasteiger partial charge in [0.2, 0.25) is 5.95 Å². The summed E-state index contributed by atoms with van der Waals surface area (Å²) >= 11 is 0. The molecule has 0 bridgehead atoms. The molecule has 2 atom stereocenters. The Morgan fingerprint density at radius 1 is 1.05 bits per heavy atom. The van der Waals surface area contributed by atoms with E-state index in [-0.39, 0.29) is 24.3 Å². The van der Waals surface area contributed by atoms with Crippen LogP contribution >= 0.6 is 0 Å². The minimum Gasteiger partial charge on any atom is -0.383 e. The fourth-order valence-corrected chi connectivity index (χ4v) is 5.19. The summed E-state index contributed by atoms with van der Waals surface area (Å²) in [5, 5.41) is 11.8. The van der Waals surface area contributed by atoms with Crippen LogP contribution in [0, 0.1) is 0 Å². The first kappa shape index (κ1) is 27.8. The van der Waals surface area contributed by atoms with E-state index >= 15 is 0 Å². The summed E-state index contributed by atoms with van der Waals surface area (Å²) in [5.41, 5.74) is 1.01. The van der Waals surface area contributed by atoms with Crippen molar-refractivity contribution >= 4 is 40.3 Å². The van der Waals surface area contributed by atoms with Crippen molar-refractivity contribution in [2.75, 3.05) is 74.6 Å². The smallest absolute Gasteiger partial charge is 0.317 e. The molecule has 2 amide bonds. The second-order valence-electron chi connectivity index (χ2n) is 10.7. The van der Waals surface area contributed by atoms with Gasteiger partial charge in [-0.25, -0.2) is 9.78 Å². The average Bonchev–Trinajstić information content (AvgIpc) is 3.36. The summed E-state index contributed by atoms with van der Waals surface area (Å²) in [6, 6.07) is 4.12. The van der Waals surface area contributed by atoms with E-state index < -0.39 is 0 Å². The van der Waals surface area contributed by atoms with E-state index in [0.717, 1.165) is 16.7 Å². The maximum atomic E-state index is 12.5. The zero-order chi connectivity index (χ0) is 28.2. The fourth-order valence-electron chi connectivity index (χ4n) is 5.19. The second-order valence-corrected chi connectivity index (χ2v) is 10.7. The fraction of sp³-hybridized carbons (Fsp3) is 0.593. The maximum Gasteiger partial charge on any atom is 0.317 e. The molecule has 216 valence electrons. The molecule has 2 N–H and O–H groups in total. The first-order valence-corrected chi connectivity index (χ1v) is 14.0. The Kier molecular flexibility index (Phi) is 8.50. The number of nitrogens with one attached hydrogen (secondary N) is 2. The third-order valence-corrected chi connectivity index (χ3v) is 7.10. The van der Waals surface area contributed by atoms with Crippen LogP contribution in [0.4, 0.5) is 28.2 Å². The number of ether oxygens (including phenoxy) is 2. The van der Waals surface area contributed by atoms with E-state index in [0.29, 0.717) is 70.0 Å². The number of nitrogens with zero attached hydrogens (tertiary/aromatic N) is 8. The van der Waals surface area contributed by atoms with Crippen molar-refractivity contribution in [2.24, 2.45) is 0 Å². The first-order chi connectivity index (χ1) is 19.3. The Morgan fingerprint density at radius 3 is 2.50 bits per heavy atom. The maximum absolute atomic E-state index is 12.5. The van der Waals surface area contributed by atoms with Crippen molar-refractivity contribution in [2.45, 2.75) is 45.9 Å². The summed E-state index contributed by atoms with van der Waals surface area (Å²) in [6.45, 7) is 13.3. The molecule has 2 aliphatic rings. The standard InChI is InChI=1S/C27H40N10O3/c1-18(2)37-22-12-23(29-14-21(22)15-30-37)31-24-13-25(33-26(32-24)36-16-19(3)40-20(4)17-36)34-7-9-35(10-8-34)27(38)28-6-11-39-5/h12-15,18-20H,6-11,16-17H2,1-5H3,(H,28,38)(H,29,31,32,33). The van der Waals surface area contributed by atoms with Gasteiger partial charge in [-0.05, 0) is 27.7 Å². The van der Waals surface area contributed by atoms with E-state index in [4.69, 9.17) is 19.4 Å². The van der Waals surface area contributed by atoms with Crippen molar-refractivity contribution in [1.29, 1.82) is 0 Å². The lowest BCUT2D eigenvalue weighted by Crippen LogP contribution is -2.52. The SMILES string of the molecule is COCCNC(=O)N1CCN(c2cc(Nc3cc4c(cn3)cnn4C(C)C)nc(N3CC(C)OC(C)C3)n2)CC1. The van der Waals surface area contributed by atoms with E-state index in [1.165, 1.54) is 0 Å². The Bertz CT molecular complexity index is 1300. The predicted molar refractivity (Wildman–Crippen MR) is 155 cm³/mol. The van der Waals surface area contributed by atoms with Gasteiger partial charge in [-0.3, -0.25) is 4.68 Å². The number of morpholine rings is 1. The van der Waals surface area contributed by atoms with Gasteiger partial charge in [0.15, 0.2) is 0 Å². The highest BCUT2D eigenvalue weighted by molar-refractivity contribution is 5.81. The second kappa shape index (κ2) is 12.2. The number of hydrogen-bond donors (Lipinski definition) is 2. The van der Waals surface area contributed by atoms with Crippen LogP contribution in [0.25, 0.3) is 10.9 Å². The van der Waals surface area contributed by atoms with Crippen LogP contribution in [0.1, 0.15) is 33.7 Å². The number of fused-ring (bicyclic) bond motifs is 1. The third-order valence-electron chi connectivity index (χ3n) is 7.10. The molecule has 0 aromatic carbocycles. The van der Waals surface area contributed by atoms with Crippen molar-refractivity contribution < 1.29 is 14.3 Å². The van der Waals surface area contributed by atoms with Gasteiger partial charge in [0.25, 0.3) is 0 Å². The van der Waals surface area contributed by atoms with Gasteiger partial charge < -0.3 is 34.8 Å². The number of piperazine rings is 1. The molecule has 0 radical (unpaired) electrons. The zero-order valence-electron chi connectivity index (χ0n) is 24.0. The predicted octanol–water partition coefficient (Wildman–Crippen LogP) is 2.64. The van der Waals surface area contributed by atoms with Gasteiger partial charge in [0.1, 0.15) is 17.5 Å². The lowest BCUT2D eigenvalue weighted by Gasteiger charge is -2.37. The third kappa shape index (κ3) is 6.36. The molecule has 3 aromatic rings. The minimum absolute atomic E-state index is 0.0687. The molecule has 40 heavy (non-hydrogen) atoms. The highest BCUT2D eigenvalue weighted by Crippen LogP contribution is 2.27. The Hall–Kier alpha value is -3.71. The number of aromatic nitrogens is 5. The van der Waals surface area contributed by atoms with Crippen molar-refractivity contribution in [1.82, 2.24) is 34.9 Å². The van der Waals surface area contributed by atoms with Crippen LogP contribution < -0.4 is 20.4 Å². The van der Waals surface area contributed by atoms with Crippen LogP contribution in [0.3, 0.4) is 0 Å². The first-order valence-electron chi connectivity index (χ1n) is 14.0. The number of hydrogen-bond acceptors (Lipinski definition) is 10. The molecule has 0 aliphatic carbocycles. The van der Waals surface area contributed by atoms with Gasteiger partial charge in [-0.2, -0.15) is 15.1 Å². The molecular weight excluding hydrogens is 512 g/mol. The molecule has 0 spiro atoms. The number of urea groups is 1. The van der Waals surface area contributed by atoms with Gasteiger partial charge in [-0.15, -0.1) is 0 Å². The Labute approximate surface area is 234 Å². The number of methoxy groups -OCH3 is 1. The van der Waals surface area contributed by atoms with Crippen LogP contribution in [0.2, 0.25) is 0 Å². The van der Waals surface area contributed by atoms with Crippen molar-refractivity contribution in [3.63, 3.8) is 0 Å². The van der Waals surface area contributed by atoms with Crippen LogP contribution in [-0.2, 0) is 9.47 Å². The van der Waals surface area contributed by atoms with Crippen molar-refractivity contribution in [3.05, 3.63) is 24.5 Å². The highest BCUT2D eigenvalue weighted by atomic mass is 16.5. The van der Waals surface area contributed by atoms with E-state index in [1.807, 2.05) is 34.1 Å². The summed E-state index contributed by atoms with van der Waals surface area (Å²) in [6.07, 6.45) is 3.82. The van der Waals surface area contributed by atoms with E-state index in [1.54, 1.807) is 7.11 Å². The zero-order valence-corrected chi connectivity index (χ0v) is 24.0. The monoisotopic (exact) mass is 552 g/mol. The topological polar surface area (TPSA) is 126 Å². The summed E-state index contributed by atoms with van der Waals surface area (Å²) in [4.78, 5) is 33.2. The van der Waals surface area contributed by atoms with Gasteiger partial charge in [0, 0.05) is 82.7 Å². The number of pyridine rings is 1. The molecule has 0 saturated carbocycles. The molecule has 3 aromatic heterocycles. The Morgan fingerprint density at radius 2 is 1.80 bits per heavy atom. The molecule has 2 unspecified atom stereocenters. The number of carbonyl (C=O) groups excluding carboxylic acids is 1. The van der Waals surface area contributed by atoms with Crippen LogP contribution in [0.5, 0.6) is 0 Å². The summed E-state index contributed by atoms with van der Waals surface area (Å²) in [7, 11) is 1.62. The lowest BCUT2D eigenvalue weighted by molar-refractivity contribution is -0.00571. The summed E-state index contributed by atoms with van der Waals surface area (Å²) < 4.78 is 13.0. The van der Waals surface area contributed by atoms with Gasteiger partial charge in [-0.1, -0.05) is 0 Å². The van der Waals surface area contributed by atoms with E-state index in [2.05, 4.69) is 58.2 Å². The number of anilines is 4. The molecular formula is C27H40N10O3. The lowest BCUT2D eigenvalue weighted by atomic mass is 10.2.